The Morgan fingerprint density at radius 2 is 2.31 bits per heavy atom. The summed E-state index contributed by atoms with van der Waals surface area (Å²) in [5.74, 6) is 1.07. The van der Waals surface area contributed by atoms with Gasteiger partial charge in [-0.15, -0.1) is 0 Å². The standard InChI is InChI=1S/C9H10N2O2/c1-5-3-6(2)10-9-8(5)13-4-7(12)11-9/h3H,4H2,1-2H3,(H,10,11,12). The van der Waals surface area contributed by atoms with Crippen molar-refractivity contribution in [3.63, 3.8) is 0 Å². The van der Waals surface area contributed by atoms with E-state index >= 15 is 0 Å². The van der Waals surface area contributed by atoms with Crippen LogP contribution < -0.4 is 10.1 Å². The fraction of sp³-hybridized carbons (Fsp3) is 0.333. The summed E-state index contributed by atoms with van der Waals surface area (Å²) in [6, 6.07) is 1.93. The Labute approximate surface area is 75.9 Å². The van der Waals surface area contributed by atoms with Gasteiger partial charge in [0.2, 0.25) is 0 Å². The molecule has 13 heavy (non-hydrogen) atoms. The van der Waals surface area contributed by atoms with Crippen molar-refractivity contribution in [1.82, 2.24) is 4.98 Å². The van der Waals surface area contributed by atoms with Gasteiger partial charge < -0.3 is 10.1 Å². The number of hydrogen-bond donors (Lipinski definition) is 1. The van der Waals surface area contributed by atoms with E-state index < -0.39 is 0 Å². The topological polar surface area (TPSA) is 51.2 Å². The molecule has 0 radical (unpaired) electrons. The number of carbonyl (C=O) groups is 1. The van der Waals surface area contributed by atoms with Gasteiger partial charge in [-0.3, -0.25) is 4.79 Å². The van der Waals surface area contributed by atoms with E-state index in [1.54, 1.807) is 0 Å². The molecule has 0 saturated carbocycles. The zero-order valence-corrected chi connectivity index (χ0v) is 7.55. The fourth-order valence-corrected chi connectivity index (χ4v) is 1.40. The van der Waals surface area contributed by atoms with Gasteiger partial charge in [0, 0.05) is 5.69 Å². The molecule has 1 N–H and O–H groups in total. The summed E-state index contributed by atoms with van der Waals surface area (Å²) < 4.78 is 5.25. The van der Waals surface area contributed by atoms with Crippen LogP contribution in [0.25, 0.3) is 0 Å². The van der Waals surface area contributed by atoms with Crippen LogP contribution in [0.4, 0.5) is 5.82 Å². The Bertz CT molecular complexity index is 374. The largest absolute Gasteiger partial charge is 0.480 e. The van der Waals surface area contributed by atoms with E-state index in [4.69, 9.17) is 4.74 Å². The Morgan fingerprint density at radius 1 is 1.54 bits per heavy atom. The number of fused-ring (bicyclic) bond motifs is 1. The lowest BCUT2D eigenvalue weighted by molar-refractivity contribution is -0.118. The van der Waals surface area contributed by atoms with E-state index in [1.165, 1.54) is 0 Å². The van der Waals surface area contributed by atoms with Crippen molar-refractivity contribution in [2.45, 2.75) is 13.8 Å². The van der Waals surface area contributed by atoms with Crippen molar-refractivity contribution >= 4 is 11.7 Å². The number of rotatable bonds is 0. The molecular formula is C9H10N2O2. The number of anilines is 1. The highest BCUT2D eigenvalue weighted by atomic mass is 16.5. The minimum Gasteiger partial charge on any atom is -0.480 e. The van der Waals surface area contributed by atoms with Crippen LogP contribution in [0.5, 0.6) is 5.75 Å². The van der Waals surface area contributed by atoms with Crippen LogP contribution in [0.2, 0.25) is 0 Å². The molecule has 0 unspecified atom stereocenters. The molecule has 2 heterocycles. The van der Waals surface area contributed by atoms with Gasteiger partial charge in [0.1, 0.15) is 0 Å². The average Bonchev–Trinajstić information content (AvgIpc) is 2.02. The second-order valence-electron chi connectivity index (χ2n) is 3.10. The highest BCUT2D eigenvalue weighted by Gasteiger charge is 2.18. The van der Waals surface area contributed by atoms with E-state index in [-0.39, 0.29) is 12.5 Å². The van der Waals surface area contributed by atoms with Gasteiger partial charge in [0.15, 0.2) is 18.2 Å². The third-order valence-electron chi connectivity index (χ3n) is 1.89. The third kappa shape index (κ3) is 1.35. The summed E-state index contributed by atoms with van der Waals surface area (Å²) in [5.41, 5.74) is 1.88. The molecule has 1 aromatic rings. The lowest BCUT2D eigenvalue weighted by Gasteiger charge is -2.18. The van der Waals surface area contributed by atoms with Gasteiger partial charge >= 0.3 is 0 Å². The van der Waals surface area contributed by atoms with Crippen molar-refractivity contribution in [2.75, 3.05) is 11.9 Å². The Morgan fingerprint density at radius 3 is 3.08 bits per heavy atom. The van der Waals surface area contributed by atoms with Gasteiger partial charge in [-0.05, 0) is 25.5 Å². The van der Waals surface area contributed by atoms with E-state index in [9.17, 15) is 4.79 Å². The van der Waals surface area contributed by atoms with Gasteiger partial charge in [-0.1, -0.05) is 0 Å². The highest BCUT2D eigenvalue weighted by Crippen LogP contribution is 2.29. The number of nitrogens with zero attached hydrogens (tertiary/aromatic N) is 1. The fourth-order valence-electron chi connectivity index (χ4n) is 1.40. The maximum Gasteiger partial charge on any atom is 0.263 e. The molecular weight excluding hydrogens is 168 g/mol. The SMILES string of the molecule is Cc1cc(C)c2c(n1)NC(=O)CO2. The van der Waals surface area contributed by atoms with Gasteiger partial charge in [-0.2, -0.15) is 0 Å². The normalized spacial score (nSPS) is 14.5. The molecule has 0 bridgehead atoms. The maximum atomic E-state index is 11.0. The number of amides is 1. The van der Waals surface area contributed by atoms with Crippen LogP contribution in [0.1, 0.15) is 11.3 Å². The van der Waals surface area contributed by atoms with Gasteiger partial charge in [-0.25, -0.2) is 4.98 Å². The molecule has 4 nitrogen and oxygen atoms in total. The average molecular weight is 178 g/mol. The molecule has 68 valence electrons. The van der Waals surface area contributed by atoms with Crippen molar-refractivity contribution in [1.29, 1.82) is 0 Å². The molecule has 0 aromatic carbocycles. The van der Waals surface area contributed by atoms with Crippen molar-refractivity contribution in [3.8, 4) is 5.75 Å². The van der Waals surface area contributed by atoms with Crippen LogP contribution in [0, 0.1) is 13.8 Å². The summed E-state index contributed by atoms with van der Waals surface area (Å²) in [6.07, 6.45) is 0. The molecule has 0 saturated heterocycles. The smallest absolute Gasteiger partial charge is 0.263 e. The number of aromatic nitrogens is 1. The van der Waals surface area contributed by atoms with Crippen LogP contribution in [0.3, 0.4) is 0 Å². The summed E-state index contributed by atoms with van der Waals surface area (Å²) in [7, 11) is 0. The Balaban J connectivity index is 2.53. The molecule has 0 atom stereocenters. The first-order valence-electron chi connectivity index (χ1n) is 4.08. The predicted octanol–water partition coefficient (Wildman–Crippen LogP) is 1.03. The number of hydrogen-bond acceptors (Lipinski definition) is 3. The van der Waals surface area contributed by atoms with Crippen LogP contribution in [-0.4, -0.2) is 17.5 Å². The van der Waals surface area contributed by atoms with Crippen LogP contribution in [-0.2, 0) is 4.79 Å². The molecule has 0 spiro atoms. The van der Waals surface area contributed by atoms with Crippen LogP contribution >= 0.6 is 0 Å². The van der Waals surface area contributed by atoms with Crippen molar-refractivity contribution in [2.24, 2.45) is 0 Å². The zero-order chi connectivity index (χ0) is 9.42. The first-order valence-corrected chi connectivity index (χ1v) is 4.08. The van der Waals surface area contributed by atoms with Gasteiger partial charge in [0.05, 0.1) is 0 Å². The Hall–Kier alpha value is -1.58. The Kier molecular flexibility index (Phi) is 1.69. The minimum absolute atomic E-state index is 0.0819. The number of ether oxygens (including phenoxy) is 1. The van der Waals surface area contributed by atoms with Crippen LogP contribution in [0.15, 0.2) is 6.07 Å². The quantitative estimate of drug-likeness (QED) is 0.645. The molecule has 4 heteroatoms. The summed E-state index contributed by atoms with van der Waals surface area (Å²) in [5, 5.41) is 2.67. The number of pyridine rings is 1. The molecule has 2 rings (SSSR count). The van der Waals surface area contributed by atoms with E-state index in [2.05, 4.69) is 10.3 Å². The third-order valence-corrected chi connectivity index (χ3v) is 1.89. The first kappa shape index (κ1) is 8.04. The first-order chi connectivity index (χ1) is 6.16. The van der Waals surface area contributed by atoms with Crippen molar-refractivity contribution in [3.05, 3.63) is 17.3 Å². The number of aryl methyl sites for hydroxylation is 2. The summed E-state index contributed by atoms with van der Waals surface area (Å²) >= 11 is 0. The lowest BCUT2D eigenvalue weighted by atomic mass is 10.2. The predicted molar refractivity (Wildman–Crippen MR) is 47.8 cm³/mol. The molecule has 1 amide bonds. The number of nitrogens with one attached hydrogen (secondary N) is 1. The monoisotopic (exact) mass is 178 g/mol. The highest BCUT2D eigenvalue weighted by molar-refractivity contribution is 5.94. The summed E-state index contributed by atoms with van der Waals surface area (Å²) in [4.78, 5) is 15.1. The molecule has 1 aliphatic rings. The van der Waals surface area contributed by atoms with Gasteiger partial charge in [0.25, 0.3) is 5.91 Å². The van der Waals surface area contributed by atoms with Crippen molar-refractivity contribution < 1.29 is 9.53 Å². The van der Waals surface area contributed by atoms with E-state index in [0.29, 0.717) is 11.6 Å². The summed E-state index contributed by atoms with van der Waals surface area (Å²) in [6.45, 7) is 3.90. The lowest BCUT2D eigenvalue weighted by Crippen LogP contribution is -2.26. The molecule has 1 aromatic heterocycles. The second-order valence-corrected chi connectivity index (χ2v) is 3.10. The van der Waals surface area contributed by atoms with E-state index in [0.717, 1.165) is 11.3 Å². The second kappa shape index (κ2) is 2.73. The molecule has 0 aliphatic carbocycles. The maximum absolute atomic E-state index is 11.0. The molecule has 0 fully saturated rings. The van der Waals surface area contributed by atoms with E-state index in [1.807, 2.05) is 19.9 Å². The minimum atomic E-state index is -0.148. The number of carbonyl (C=O) groups excluding carboxylic acids is 1. The zero-order valence-electron chi connectivity index (χ0n) is 7.55. The molecule has 1 aliphatic heterocycles.